The van der Waals surface area contributed by atoms with Crippen molar-refractivity contribution in [1.82, 2.24) is 9.80 Å². The van der Waals surface area contributed by atoms with Gasteiger partial charge in [0, 0.05) is 45.3 Å². The van der Waals surface area contributed by atoms with Gasteiger partial charge < -0.3 is 9.64 Å². The van der Waals surface area contributed by atoms with Gasteiger partial charge in [0.2, 0.25) is 5.91 Å². The Hall–Kier alpha value is -1.17. The van der Waals surface area contributed by atoms with Crippen molar-refractivity contribution in [2.45, 2.75) is 32.2 Å². The summed E-state index contributed by atoms with van der Waals surface area (Å²) in [6, 6.07) is 5.16. The topological polar surface area (TPSA) is 32.8 Å². The molecular formula is C19H26ClFN2O2. The standard InChI is InChI=1S/C19H26ClFN2O2/c1-25-11-3-8-23-14-19(12-17(23)24)6-9-22(10-7-19)13-15-4-2-5-16(20)18(15)21/h2,4-5H,3,6-14H2,1H3. The average molecular weight is 369 g/mol. The molecule has 1 aromatic carbocycles. The number of carbonyl (C=O) groups excluding carboxylic acids is 1. The normalized spacial score (nSPS) is 20.6. The number of piperidine rings is 1. The number of methoxy groups -OCH3 is 1. The lowest BCUT2D eigenvalue weighted by Gasteiger charge is -2.39. The summed E-state index contributed by atoms with van der Waals surface area (Å²) in [6.07, 6.45) is 3.52. The van der Waals surface area contributed by atoms with E-state index in [9.17, 15) is 9.18 Å². The first-order valence-corrected chi connectivity index (χ1v) is 9.33. The maximum Gasteiger partial charge on any atom is 0.223 e. The van der Waals surface area contributed by atoms with Crippen molar-refractivity contribution in [3.05, 3.63) is 34.6 Å². The highest BCUT2D eigenvalue weighted by Gasteiger charge is 2.44. The number of hydrogen-bond donors (Lipinski definition) is 0. The number of benzene rings is 1. The van der Waals surface area contributed by atoms with E-state index in [0.29, 0.717) is 25.1 Å². The third-order valence-electron chi connectivity index (χ3n) is 5.52. The van der Waals surface area contributed by atoms with E-state index in [-0.39, 0.29) is 22.2 Å². The van der Waals surface area contributed by atoms with Crippen LogP contribution in [-0.4, -0.2) is 55.6 Å². The van der Waals surface area contributed by atoms with Crippen molar-refractivity contribution in [1.29, 1.82) is 0 Å². The zero-order valence-corrected chi connectivity index (χ0v) is 15.5. The van der Waals surface area contributed by atoms with Crippen LogP contribution in [0.4, 0.5) is 4.39 Å². The molecule has 2 saturated heterocycles. The zero-order valence-electron chi connectivity index (χ0n) is 14.8. The van der Waals surface area contributed by atoms with Gasteiger partial charge in [-0.15, -0.1) is 0 Å². The van der Waals surface area contributed by atoms with Crippen molar-refractivity contribution in [3.63, 3.8) is 0 Å². The highest BCUT2D eigenvalue weighted by molar-refractivity contribution is 6.30. The van der Waals surface area contributed by atoms with Crippen molar-refractivity contribution < 1.29 is 13.9 Å². The first-order chi connectivity index (χ1) is 12.0. The van der Waals surface area contributed by atoms with Gasteiger partial charge in [-0.2, -0.15) is 0 Å². The number of rotatable bonds is 6. The van der Waals surface area contributed by atoms with E-state index in [4.69, 9.17) is 16.3 Å². The molecule has 4 nitrogen and oxygen atoms in total. The molecular weight excluding hydrogens is 343 g/mol. The van der Waals surface area contributed by atoms with Crippen molar-refractivity contribution >= 4 is 17.5 Å². The van der Waals surface area contributed by atoms with Gasteiger partial charge in [0.25, 0.3) is 0 Å². The molecule has 1 spiro atoms. The molecule has 0 saturated carbocycles. The summed E-state index contributed by atoms with van der Waals surface area (Å²) in [7, 11) is 1.69. The Bertz CT molecular complexity index is 617. The Morgan fingerprint density at radius 1 is 1.32 bits per heavy atom. The third kappa shape index (κ3) is 4.33. The lowest BCUT2D eigenvalue weighted by atomic mass is 9.77. The molecule has 0 unspecified atom stereocenters. The SMILES string of the molecule is COCCCN1CC2(CCN(Cc3cccc(Cl)c3F)CC2)CC1=O. The molecule has 0 aliphatic carbocycles. The number of nitrogens with zero attached hydrogens (tertiary/aromatic N) is 2. The Labute approximate surface area is 153 Å². The number of likely N-dealkylation sites (tertiary alicyclic amines) is 2. The van der Waals surface area contributed by atoms with Crippen molar-refractivity contribution in [3.8, 4) is 0 Å². The quantitative estimate of drug-likeness (QED) is 0.722. The average Bonchev–Trinajstić information content (AvgIpc) is 2.90. The van der Waals surface area contributed by atoms with Crippen LogP contribution in [0.15, 0.2) is 18.2 Å². The monoisotopic (exact) mass is 368 g/mol. The Balaban J connectivity index is 1.53. The predicted molar refractivity (Wildman–Crippen MR) is 96.0 cm³/mol. The molecule has 1 amide bonds. The second kappa shape index (κ2) is 8.02. The van der Waals surface area contributed by atoms with Crippen LogP contribution in [0.5, 0.6) is 0 Å². The summed E-state index contributed by atoms with van der Waals surface area (Å²) in [5.41, 5.74) is 0.750. The van der Waals surface area contributed by atoms with Gasteiger partial charge in [-0.3, -0.25) is 9.69 Å². The largest absolute Gasteiger partial charge is 0.385 e. The summed E-state index contributed by atoms with van der Waals surface area (Å²) in [5, 5.41) is 0.180. The summed E-state index contributed by atoms with van der Waals surface area (Å²) >= 11 is 5.87. The van der Waals surface area contributed by atoms with Gasteiger partial charge in [-0.1, -0.05) is 23.7 Å². The molecule has 25 heavy (non-hydrogen) atoms. The van der Waals surface area contributed by atoms with Gasteiger partial charge in [-0.05, 0) is 43.8 Å². The fourth-order valence-electron chi connectivity index (χ4n) is 4.02. The lowest BCUT2D eigenvalue weighted by molar-refractivity contribution is -0.128. The zero-order chi connectivity index (χ0) is 17.9. The molecule has 2 fully saturated rings. The van der Waals surface area contributed by atoms with Gasteiger partial charge in [0.1, 0.15) is 5.82 Å². The second-order valence-corrected chi connectivity index (χ2v) is 7.73. The molecule has 6 heteroatoms. The first kappa shape index (κ1) is 18.6. The van der Waals surface area contributed by atoms with E-state index in [1.54, 1.807) is 25.3 Å². The minimum atomic E-state index is -0.315. The predicted octanol–water partition coefficient (Wildman–Crippen LogP) is 3.33. The van der Waals surface area contributed by atoms with Gasteiger partial charge in [-0.25, -0.2) is 4.39 Å². The maximum atomic E-state index is 14.1. The molecule has 2 heterocycles. The Morgan fingerprint density at radius 2 is 2.08 bits per heavy atom. The number of carbonyl (C=O) groups is 1. The van der Waals surface area contributed by atoms with Crippen molar-refractivity contribution in [2.24, 2.45) is 5.41 Å². The highest BCUT2D eigenvalue weighted by Crippen LogP contribution is 2.41. The minimum Gasteiger partial charge on any atom is -0.385 e. The van der Waals surface area contributed by atoms with Crippen molar-refractivity contribution in [2.75, 3.05) is 39.9 Å². The van der Waals surface area contributed by atoms with E-state index >= 15 is 0 Å². The maximum absolute atomic E-state index is 14.1. The second-order valence-electron chi connectivity index (χ2n) is 7.33. The van der Waals surface area contributed by atoms with E-state index in [2.05, 4.69) is 4.90 Å². The minimum absolute atomic E-state index is 0.105. The molecule has 2 aliphatic rings. The number of ether oxygens (including phenoxy) is 1. The van der Waals surface area contributed by atoms with Gasteiger partial charge >= 0.3 is 0 Å². The van der Waals surface area contributed by atoms with E-state index in [0.717, 1.165) is 45.4 Å². The smallest absolute Gasteiger partial charge is 0.223 e. The number of amides is 1. The molecule has 0 radical (unpaired) electrons. The van der Waals surface area contributed by atoms with Crippen LogP contribution in [0.1, 0.15) is 31.2 Å². The molecule has 0 aromatic heterocycles. The third-order valence-corrected chi connectivity index (χ3v) is 5.82. The van der Waals surface area contributed by atoms with Gasteiger partial charge in [0.15, 0.2) is 0 Å². The molecule has 138 valence electrons. The summed E-state index contributed by atoms with van der Waals surface area (Å²) < 4.78 is 19.2. The fraction of sp³-hybridized carbons (Fsp3) is 0.632. The molecule has 0 atom stereocenters. The van der Waals surface area contributed by atoms with E-state index in [1.165, 1.54) is 0 Å². The van der Waals surface area contributed by atoms with Crippen LogP contribution in [0.25, 0.3) is 0 Å². The van der Waals surface area contributed by atoms with E-state index < -0.39 is 0 Å². The summed E-state index contributed by atoms with van der Waals surface area (Å²) in [5.74, 6) is -0.0461. The van der Waals surface area contributed by atoms with Crippen LogP contribution in [-0.2, 0) is 16.1 Å². The van der Waals surface area contributed by atoms with Crippen LogP contribution >= 0.6 is 11.6 Å². The van der Waals surface area contributed by atoms with Crippen LogP contribution in [0.3, 0.4) is 0 Å². The number of halogens is 2. The summed E-state index contributed by atoms with van der Waals surface area (Å²) in [4.78, 5) is 16.6. The fourth-order valence-corrected chi connectivity index (χ4v) is 4.21. The van der Waals surface area contributed by atoms with Crippen LogP contribution < -0.4 is 0 Å². The Kier molecular flexibility index (Phi) is 5.97. The molecule has 0 N–H and O–H groups in total. The molecule has 2 aliphatic heterocycles. The van der Waals surface area contributed by atoms with Crippen LogP contribution in [0.2, 0.25) is 5.02 Å². The Morgan fingerprint density at radius 3 is 2.80 bits per heavy atom. The first-order valence-electron chi connectivity index (χ1n) is 8.95. The molecule has 0 bridgehead atoms. The molecule has 3 rings (SSSR count). The number of hydrogen-bond acceptors (Lipinski definition) is 3. The van der Waals surface area contributed by atoms with E-state index in [1.807, 2.05) is 4.90 Å². The molecule has 1 aromatic rings. The lowest BCUT2D eigenvalue weighted by Crippen LogP contribution is -2.41. The summed E-state index contributed by atoms with van der Waals surface area (Å²) in [6.45, 7) is 4.70. The van der Waals surface area contributed by atoms with Gasteiger partial charge in [0.05, 0.1) is 5.02 Å². The van der Waals surface area contributed by atoms with Crippen LogP contribution in [0, 0.1) is 11.2 Å². The highest BCUT2D eigenvalue weighted by atomic mass is 35.5.